The van der Waals surface area contributed by atoms with Crippen molar-refractivity contribution in [3.63, 3.8) is 0 Å². The van der Waals surface area contributed by atoms with Gasteiger partial charge in [-0.1, -0.05) is 68.0 Å². The highest BCUT2D eigenvalue weighted by Gasteiger charge is 2.37. The van der Waals surface area contributed by atoms with E-state index in [-0.39, 0.29) is 40.2 Å². The van der Waals surface area contributed by atoms with Gasteiger partial charge in [0.1, 0.15) is 10.9 Å². The maximum Gasteiger partial charge on any atom is 0.273 e. The van der Waals surface area contributed by atoms with Crippen LogP contribution in [0.5, 0.6) is 0 Å². The van der Waals surface area contributed by atoms with Gasteiger partial charge in [-0.2, -0.15) is 4.37 Å². The Morgan fingerprint density at radius 1 is 0.951 bits per heavy atom. The number of halogens is 1. The van der Waals surface area contributed by atoms with E-state index in [2.05, 4.69) is 15.0 Å². The highest BCUT2D eigenvalue weighted by molar-refractivity contribution is 7.09. The molecular formula is C31H36ClN5O3S. The first kappa shape index (κ1) is 29.1. The van der Waals surface area contributed by atoms with Crippen molar-refractivity contribution in [1.29, 1.82) is 0 Å². The SMILES string of the molecule is Cc1cccc(N(C(=O)c2snc(C(=O)NC3CCCCC3)c2N)[C@@H](C(=O)NC2CCCC2)c2ccc(Cl)cc2)c1. The normalized spacial score (nSPS) is 16.7. The Hall–Kier alpha value is -3.43. The molecule has 0 spiro atoms. The molecule has 0 radical (unpaired) electrons. The summed E-state index contributed by atoms with van der Waals surface area (Å²) in [5, 5.41) is 6.73. The zero-order valence-electron chi connectivity index (χ0n) is 23.2. The van der Waals surface area contributed by atoms with E-state index in [4.69, 9.17) is 17.3 Å². The second-order valence-corrected chi connectivity index (χ2v) is 12.3. The minimum atomic E-state index is -0.997. The van der Waals surface area contributed by atoms with Gasteiger partial charge in [-0.05, 0) is 79.5 Å². The van der Waals surface area contributed by atoms with Crippen LogP contribution in [0.15, 0.2) is 48.5 Å². The maximum atomic E-state index is 14.4. The lowest BCUT2D eigenvalue weighted by Gasteiger charge is -2.32. The van der Waals surface area contributed by atoms with Crippen LogP contribution in [-0.4, -0.2) is 34.2 Å². The van der Waals surface area contributed by atoms with Gasteiger partial charge in [0.2, 0.25) is 5.91 Å². The second kappa shape index (κ2) is 13.0. The molecule has 2 aromatic carbocycles. The monoisotopic (exact) mass is 593 g/mol. The van der Waals surface area contributed by atoms with Crippen LogP contribution in [0.25, 0.3) is 0 Å². The van der Waals surface area contributed by atoms with Gasteiger partial charge in [0.05, 0.1) is 5.69 Å². The number of aryl methyl sites for hydroxylation is 1. The van der Waals surface area contributed by atoms with E-state index in [9.17, 15) is 14.4 Å². The minimum Gasteiger partial charge on any atom is -0.395 e. The molecule has 3 amide bonds. The quantitative estimate of drug-likeness (QED) is 0.288. The van der Waals surface area contributed by atoms with E-state index in [1.165, 1.54) is 11.3 Å². The van der Waals surface area contributed by atoms with Gasteiger partial charge < -0.3 is 16.4 Å². The van der Waals surface area contributed by atoms with E-state index >= 15 is 0 Å². The van der Waals surface area contributed by atoms with E-state index in [1.807, 2.05) is 25.1 Å². The lowest BCUT2D eigenvalue weighted by Crippen LogP contribution is -2.46. The summed E-state index contributed by atoms with van der Waals surface area (Å²) in [4.78, 5) is 43.1. The van der Waals surface area contributed by atoms with Crippen molar-refractivity contribution in [2.75, 3.05) is 10.6 Å². The van der Waals surface area contributed by atoms with Gasteiger partial charge in [-0.25, -0.2) is 0 Å². The fourth-order valence-corrected chi connectivity index (χ4v) is 6.66. The molecule has 2 saturated carbocycles. The summed E-state index contributed by atoms with van der Waals surface area (Å²) in [5.74, 6) is -1.16. The Morgan fingerprint density at radius 2 is 1.59 bits per heavy atom. The van der Waals surface area contributed by atoms with Crippen molar-refractivity contribution >= 4 is 52.2 Å². The molecule has 1 aromatic heterocycles. The third-order valence-corrected chi connectivity index (χ3v) is 9.07. The predicted molar refractivity (Wildman–Crippen MR) is 163 cm³/mol. The van der Waals surface area contributed by atoms with Crippen molar-refractivity contribution in [3.8, 4) is 0 Å². The second-order valence-electron chi connectivity index (χ2n) is 11.0. The number of nitrogen functional groups attached to an aromatic ring is 1. The first-order valence-corrected chi connectivity index (χ1v) is 15.5. The lowest BCUT2D eigenvalue weighted by molar-refractivity contribution is -0.123. The summed E-state index contributed by atoms with van der Waals surface area (Å²) in [6.07, 6.45) is 9.06. The number of carbonyl (C=O) groups excluding carboxylic acids is 3. The highest BCUT2D eigenvalue weighted by Crippen LogP contribution is 2.34. The highest BCUT2D eigenvalue weighted by atomic mass is 35.5. The van der Waals surface area contributed by atoms with Crippen LogP contribution >= 0.6 is 23.1 Å². The van der Waals surface area contributed by atoms with E-state index in [0.29, 0.717) is 16.3 Å². The molecule has 2 aliphatic rings. The summed E-state index contributed by atoms with van der Waals surface area (Å²) >= 11 is 7.07. The summed E-state index contributed by atoms with van der Waals surface area (Å²) in [6, 6.07) is 13.5. The predicted octanol–water partition coefficient (Wildman–Crippen LogP) is 6.20. The molecule has 4 N–H and O–H groups in total. The third kappa shape index (κ3) is 6.73. The van der Waals surface area contributed by atoms with E-state index in [0.717, 1.165) is 68.5 Å². The van der Waals surface area contributed by atoms with Crippen LogP contribution in [0.2, 0.25) is 5.02 Å². The number of nitrogens with two attached hydrogens (primary N) is 1. The maximum absolute atomic E-state index is 14.4. The number of nitrogens with one attached hydrogen (secondary N) is 2. The Balaban J connectivity index is 1.53. The van der Waals surface area contributed by atoms with Crippen molar-refractivity contribution < 1.29 is 14.4 Å². The average molecular weight is 594 g/mol. The van der Waals surface area contributed by atoms with Crippen LogP contribution < -0.4 is 21.3 Å². The topological polar surface area (TPSA) is 117 Å². The zero-order chi connectivity index (χ0) is 28.9. The Labute approximate surface area is 249 Å². The van der Waals surface area contributed by atoms with E-state index < -0.39 is 11.9 Å². The molecule has 3 aromatic rings. The number of nitrogens with zero attached hydrogens (tertiary/aromatic N) is 2. The minimum absolute atomic E-state index is 0.0250. The summed E-state index contributed by atoms with van der Waals surface area (Å²) < 4.78 is 4.31. The van der Waals surface area contributed by atoms with Gasteiger partial charge in [0, 0.05) is 22.8 Å². The number of carbonyl (C=O) groups is 3. The summed E-state index contributed by atoms with van der Waals surface area (Å²) in [5.41, 5.74) is 8.59. The number of rotatable bonds is 8. The number of aromatic nitrogens is 1. The molecule has 216 valence electrons. The first-order chi connectivity index (χ1) is 19.8. The van der Waals surface area contributed by atoms with Crippen molar-refractivity contribution in [1.82, 2.24) is 15.0 Å². The van der Waals surface area contributed by atoms with Crippen molar-refractivity contribution in [2.24, 2.45) is 0 Å². The van der Waals surface area contributed by atoms with Crippen molar-refractivity contribution in [2.45, 2.75) is 82.8 Å². The molecule has 2 aliphatic carbocycles. The summed E-state index contributed by atoms with van der Waals surface area (Å²) in [6.45, 7) is 1.93. The average Bonchev–Trinajstić information content (AvgIpc) is 3.62. The van der Waals surface area contributed by atoms with Crippen LogP contribution in [-0.2, 0) is 4.79 Å². The molecule has 41 heavy (non-hydrogen) atoms. The molecule has 2 fully saturated rings. The zero-order valence-corrected chi connectivity index (χ0v) is 24.8. The summed E-state index contributed by atoms with van der Waals surface area (Å²) in [7, 11) is 0. The lowest BCUT2D eigenvalue weighted by atomic mass is 9.95. The van der Waals surface area contributed by atoms with Crippen LogP contribution in [0.4, 0.5) is 11.4 Å². The molecule has 1 heterocycles. The molecule has 0 saturated heterocycles. The van der Waals surface area contributed by atoms with Gasteiger partial charge in [-0.15, -0.1) is 0 Å². The third-order valence-electron chi connectivity index (χ3n) is 7.97. The fraction of sp³-hybridized carbons (Fsp3) is 0.419. The first-order valence-electron chi connectivity index (χ1n) is 14.3. The molecular weight excluding hydrogens is 558 g/mol. The van der Waals surface area contributed by atoms with Crippen LogP contribution in [0.3, 0.4) is 0 Å². The van der Waals surface area contributed by atoms with Gasteiger partial charge in [-0.3, -0.25) is 19.3 Å². The molecule has 0 aliphatic heterocycles. The number of benzene rings is 2. The van der Waals surface area contributed by atoms with E-state index in [1.54, 1.807) is 30.3 Å². The molecule has 8 nitrogen and oxygen atoms in total. The van der Waals surface area contributed by atoms with Crippen LogP contribution in [0, 0.1) is 6.92 Å². The van der Waals surface area contributed by atoms with Gasteiger partial charge >= 0.3 is 0 Å². The van der Waals surface area contributed by atoms with Crippen molar-refractivity contribution in [3.05, 3.63) is 75.3 Å². The fourth-order valence-electron chi connectivity index (χ4n) is 5.80. The molecule has 1 atom stereocenters. The standard InChI is InChI=1S/C31H36ClN5O3S/c1-19-8-7-13-24(18-19)37(27(20-14-16-21(32)17-15-20)30(39)35-23-11-5-6-12-23)31(40)28-25(33)26(36-41-28)29(38)34-22-9-3-2-4-10-22/h7-8,13-18,22-23,27H,2-6,9-12,33H2,1H3,(H,34,38)(H,35,39)/t27-/m1/s1. The molecule has 10 heteroatoms. The molecule has 0 bridgehead atoms. The van der Waals surface area contributed by atoms with Crippen LogP contribution in [0.1, 0.15) is 95.1 Å². The number of hydrogen-bond donors (Lipinski definition) is 3. The Bertz CT molecular complexity index is 1400. The number of anilines is 2. The Kier molecular flexibility index (Phi) is 9.25. The molecule has 0 unspecified atom stereocenters. The largest absolute Gasteiger partial charge is 0.395 e. The Morgan fingerprint density at radius 3 is 2.24 bits per heavy atom. The van der Waals surface area contributed by atoms with Gasteiger partial charge in [0.15, 0.2) is 5.69 Å². The molecule has 5 rings (SSSR count). The number of amides is 3. The smallest absolute Gasteiger partial charge is 0.273 e. The number of hydrogen-bond acceptors (Lipinski definition) is 6. The van der Waals surface area contributed by atoms with Gasteiger partial charge in [0.25, 0.3) is 11.8 Å².